The van der Waals surface area contributed by atoms with Crippen molar-refractivity contribution in [1.82, 2.24) is 14.8 Å². The second-order valence-corrected chi connectivity index (χ2v) is 4.18. The Labute approximate surface area is 94.9 Å². The van der Waals surface area contributed by atoms with E-state index >= 15 is 0 Å². The molecule has 0 aliphatic heterocycles. The Kier molecular flexibility index (Phi) is 2.84. The Balaban J connectivity index is 2.15. The van der Waals surface area contributed by atoms with Crippen LogP contribution < -0.4 is 0 Å². The summed E-state index contributed by atoms with van der Waals surface area (Å²) in [7, 11) is 0. The summed E-state index contributed by atoms with van der Waals surface area (Å²) < 4.78 is 2.77. The van der Waals surface area contributed by atoms with E-state index in [1.807, 2.05) is 18.3 Å². The molecule has 0 spiro atoms. The van der Waals surface area contributed by atoms with E-state index < -0.39 is 0 Å². The Morgan fingerprint density at radius 1 is 1.36 bits per heavy atom. The maximum absolute atomic E-state index is 5.73. The first-order valence-corrected chi connectivity index (χ1v) is 5.19. The van der Waals surface area contributed by atoms with E-state index in [9.17, 15) is 0 Å². The van der Waals surface area contributed by atoms with Gasteiger partial charge >= 0.3 is 0 Å². The Bertz CT molecular complexity index is 424. The Morgan fingerprint density at radius 3 is 2.79 bits per heavy atom. The van der Waals surface area contributed by atoms with Crippen LogP contribution >= 0.6 is 27.5 Å². The summed E-state index contributed by atoms with van der Waals surface area (Å²) in [5, 5.41) is 4.78. The van der Waals surface area contributed by atoms with Crippen LogP contribution in [0.1, 0.15) is 5.69 Å². The Morgan fingerprint density at radius 2 is 2.21 bits per heavy atom. The Hall–Kier alpha value is -0.870. The molecule has 0 saturated carbocycles. The zero-order valence-corrected chi connectivity index (χ0v) is 9.53. The summed E-state index contributed by atoms with van der Waals surface area (Å²) in [5.41, 5.74) is 0.935. The van der Waals surface area contributed by atoms with Crippen LogP contribution in [0.15, 0.2) is 35.2 Å². The van der Waals surface area contributed by atoms with Gasteiger partial charge in [0.15, 0.2) is 0 Å². The third kappa shape index (κ3) is 2.33. The van der Waals surface area contributed by atoms with Crippen molar-refractivity contribution in [2.24, 2.45) is 0 Å². The van der Waals surface area contributed by atoms with E-state index in [0.717, 1.165) is 10.2 Å². The monoisotopic (exact) mass is 271 g/mol. The lowest BCUT2D eigenvalue weighted by Crippen LogP contribution is -2.01. The highest BCUT2D eigenvalue weighted by molar-refractivity contribution is 9.10. The molecule has 0 radical (unpaired) electrons. The molecule has 2 rings (SSSR count). The molecule has 72 valence electrons. The van der Waals surface area contributed by atoms with Crippen LogP contribution in [0.25, 0.3) is 0 Å². The third-order valence-corrected chi connectivity index (χ3v) is 2.35. The molecule has 0 amide bonds. The number of nitrogens with zero attached hydrogens (tertiary/aromatic N) is 3. The van der Waals surface area contributed by atoms with Gasteiger partial charge in [0.2, 0.25) is 0 Å². The van der Waals surface area contributed by atoms with Gasteiger partial charge in [-0.25, -0.2) is 0 Å². The minimum absolute atomic E-state index is 0.649. The lowest BCUT2D eigenvalue weighted by atomic mass is 10.3. The van der Waals surface area contributed by atoms with Gasteiger partial charge in [-0.1, -0.05) is 11.6 Å². The van der Waals surface area contributed by atoms with Gasteiger partial charge in [0.05, 0.1) is 27.9 Å². The van der Waals surface area contributed by atoms with Gasteiger partial charge in [-0.05, 0) is 28.1 Å². The van der Waals surface area contributed by atoms with Crippen molar-refractivity contribution in [1.29, 1.82) is 0 Å². The first-order valence-electron chi connectivity index (χ1n) is 4.02. The molecule has 2 aromatic heterocycles. The molecule has 0 bridgehead atoms. The topological polar surface area (TPSA) is 30.7 Å². The van der Waals surface area contributed by atoms with Crippen LogP contribution in [0.5, 0.6) is 0 Å². The molecule has 2 heterocycles. The van der Waals surface area contributed by atoms with Crippen molar-refractivity contribution < 1.29 is 0 Å². The number of halogens is 2. The number of hydrogen-bond acceptors (Lipinski definition) is 2. The number of pyridine rings is 1. The minimum Gasteiger partial charge on any atom is -0.266 e. The summed E-state index contributed by atoms with van der Waals surface area (Å²) in [4.78, 5) is 4.17. The fourth-order valence-corrected chi connectivity index (χ4v) is 1.53. The minimum atomic E-state index is 0.649. The van der Waals surface area contributed by atoms with E-state index in [-0.39, 0.29) is 0 Å². The van der Waals surface area contributed by atoms with Crippen molar-refractivity contribution in [3.05, 3.63) is 45.9 Å². The third-order valence-electron chi connectivity index (χ3n) is 1.71. The molecule has 3 nitrogen and oxygen atoms in total. The fraction of sp³-hybridized carbons (Fsp3) is 0.111. The van der Waals surface area contributed by atoms with Crippen LogP contribution in [0, 0.1) is 0 Å². The maximum Gasteiger partial charge on any atom is 0.0831 e. The smallest absolute Gasteiger partial charge is 0.0831 e. The van der Waals surface area contributed by atoms with Gasteiger partial charge < -0.3 is 0 Å². The van der Waals surface area contributed by atoms with Gasteiger partial charge in [-0.15, -0.1) is 0 Å². The van der Waals surface area contributed by atoms with Crippen LogP contribution in [0.4, 0.5) is 0 Å². The summed E-state index contributed by atoms with van der Waals surface area (Å²) in [6.45, 7) is 0.656. The first kappa shape index (κ1) is 9.68. The number of hydrogen-bond donors (Lipinski definition) is 0. The van der Waals surface area contributed by atoms with Crippen molar-refractivity contribution in [3.8, 4) is 0 Å². The van der Waals surface area contributed by atoms with E-state index in [1.165, 1.54) is 0 Å². The average Bonchev–Trinajstić information content (AvgIpc) is 2.56. The predicted molar refractivity (Wildman–Crippen MR) is 58.3 cm³/mol. The summed E-state index contributed by atoms with van der Waals surface area (Å²) >= 11 is 9.06. The molecule has 0 aliphatic carbocycles. The molecule has 0 atom stereocenters. The fourth-order valence-electron chi connectivity index (χ4n) is 1.09. The van der Waals surface area contributed by atoms with Crippen molar-refractivity contribution in [2.75, 3.05) is 0 Å². The van der Waals surface area contributed by atoms with Crippen LogP contribution in [0.2, 0.25) is 5.02 Å². The maximum atomic E-state index is 5.73. The average molecular weight is 273 g/mol. The van der Waals surface area contributed by atoms with Crippen molar-refractivity contribution in [3.63, 3.8) is 0 Å². The van der Waals surface area contributed by atoms with Crippen LogP contribution in [-0.4, -0.2) is 14.8 Å². The molecule has 2 aromatic rings. The predicted octanol–water partition coefficient (Wildman–Crippen LogP) is 2.74. The number of rotatable bonds is 2. The molecule has 0 aliphatic rings. The molecular weight excluding hydrogens is 265 g/mol. The molecule has 0 unspecified atom stereocenters. The second kappa shape index (κ2) is 4.11. The highest BCUT2D eigenvalue weighted by atomic mass is 79.9. The quantitative estimate of drug-likeness (QED) is 0.841. The normalized spacial score (nSPS) is 10.4. The van der Waals surface area contributed by atoms with E-state index in [2.05, 4.69) is 26.0 Å². The van der Waals surface area contributed by atoms with E-state index in [0.29, 0.717) is 11.6 Å². The van der Waals surface area contributed by atoms with Crippen molar-refractivity contribution in [2.45, 2.75) is 6.54 Å². The standard InChI is InChI=1S/C9H7BrClN3/c10-7-3-13-14(5-7)6-9-2-1-8(11)4-12-9/h1-5H,6H2. The van der Waals surface area contributed by atoms with E-state index in [1.54, 1.807) is 17.1 Å². The lowest BCUT2D eigenvalue weighted by molar-refractivity contribution is 0.672. The summed E-state index contributed by atoms with van der Waals surface area (Å²) in [5.74, 6) is 0. The highest BCUT2D eigenvalue weighted by Gasteiger charge is 1.98. The molecule has 5 heteroatoms. The zero-order chi connectivity index (χ0) is 9.97. The summed E-state index contributed by atoms with van der Waals surface area (Å²) in [6.07, 6.45) is 5.28. The lowest BCUT2D eigenvalue weighted by Gasteiger charge is -2.00. The molecular formula is C9H7BrClN3. The van der Waals surface area contributed by atoms with Gasteiger partial charge in [0.1, 0.15) is 0 Å². The highest BCUT2D eigenvalue weighted by Crippen LogP contribution is 2.09. The first-order chi connectivity index (χ1) is 6.74. The largest absolute Gasteiger partial charge is 0.266 e. The molecule has 0 aromatic carbocycles. The van der Waals surface area contributed by atoms with Gasteiger partial charge in [0, 0.05) is 12.4 Å². The van der Waals surface area contributed by atoms with E-state index in [4.69, 9.17) is 11.6 Å². The van der Waals surface area contributed by atoms with Crippen LogP contribution in [0.3, 0.4) is 0 Å². The molecule has 0 saturated heterocycles. The number of aromatic nitrogens is 3. The second-order valence-electron chi connectivity index (χ2n) is 2.82. The van der Waals surface area contributed by atoms with Gasteiger partial charge in [-0.3, -0.25) is 9.67 Å². The molecule has 14 heavy (non-hydrogen) atoms. The van der Waals surface area contributed by atoms with Crippen molar-refractivity contribution >= 4 is 27.5 Å². The molecule has 0 N–H and O–H groups in total. The van der Waals surface area contributed by atoms with Gasteiger partial charge in [0.25, 0.3) is 0 Å². The zero-order valence-electron chi connectivity index (χ0n) is 7.19. The molecule has 0 fully saturated rings. The van der Waals surface area contributed by atoms with Crippen LogP contribution in [-0.2, 0) is 6.54 Å². The summed E-state index contributed by atoms with van der Waals surface area (Å²) in [6, 6.07) is 3.71. The SMILES string of the molecule is Clc1ccc(Cn2cc(Br)cn2)nc1. The van der Waals surface area contributed by atoms with Gasteiger partial charge in [-0.2, -0.15) is 5.10 Å².